The Kier molecular flexibility index (Phi) is 5.45. The molecule has 0 saturated heterocycles. The van der Waals surface area contributed by atoms with Gasteiger partial charge >= 0.3 is 6.36 Å². The van der Waals surface area contributed by atoms with Gasteiger partial charge in [-0.1, -0.05) is 0 Å². The second kappa shape index (κ2) is 7.24. The summed E-state index contributed by atoms with van der Waals surface area (Å²) in [7, 11) is -2.42. The largest absolute Gasteiger partial charge is 0.573 e. The average Bonchev–Trinajstić information content (AvgIpc) is 2.53. The summed E-state index contributed by atoms with van der Waals surface area (Å²) < 4.78 is 66.9. The lowest BCUT2D eigenvalue weighted by molar-refractivity contribution is -0.274. The molecule has 2 aromatic rings. The molecule has 0 saturated carbocycles. The zero-order valence-electron chi connectivity index (χ0n) is 13.7. The minimum atomic E-state index is -4.85. The van der Waals surface area contributed by atoms with Crippen LogP contribution < -0.4 is 14.4 Å². The van der Waals surface area contributed by atoms with Crippen molar-refractivity contribution in [2.75, 3.05) is 16.7 Å². The van der Waals surface area contributed by atoms with E-state index in [2.05, 4.69) is 9.46 Å². The maximum Gasteiger partial charge on any atom is 0.573 e. The van der Waals surface area contributed by atoms with Gasteiger partial charge in [-0.15, -0.1) is 13.2 Å². The van der Waals surface area contributed by atoms with E-state index < -0.39 is 22.1 Å². The number of halogens is 3. The molecule has 0 atom stereocenters. The van der Waals surface area contributed by atoms with Gasteiger partial charge in [-0.25, -0.2) is 8.42 Å². The van der Waals surface area contributed by atoms with Crippen molar-refractivity contribution in [2.24, 2.45) is 0 Å². The number of nitrogens with one attached hydrogen (secondary N) is 1. The summed E-state index contributed by atoms with van der Waals surface area (Å²) in [4.78, 5) is 12.5. The fourth-order valence-corrected chi connectivity index (χ4v) is 3.03. The number of amides is 1. The van der Waals surface area contributed by atoms with Gasteiger partial charge < -0.3 is 9.64 Å². The summed E-state index contributed by atoms with van der Waals surface area (Å²) >= 11 is 0. The summed E-state index contributed by atoms with van der Waals surface area (Å²) in [6.07, 6.45) is -4.85. The van der Waals surface area contributed by atoms with E-state index in [1.54, 1.807) is 19.2 Å². The number of carbonyl (C=O) groups excluding carboxylic acids is 1. The number of hydrogen-bond donors (Lipinski definition) is 1. The second-order valence-corrected chi connectivity index (χ2v) is 6.93. The Labute approximate surface area is 148 Å². The van der Waals surface area contributed by atoms with Gasteiger partial charge in [-0.05, 0) is 48.5 Å². The lowest BCUT2D eigenvalue weighted by Crippen LogP contribution is -2.22. The van der Waals surface area contributed by atoms with Gasteiger partial charge in [-0.3, -0.25) is 9.52 Å². The van der Waals surface area contributed by atoms with E-state index in [-0.39, 0.29) is 16.5 Å². The van der Waals surface area contributed by atoms with Gasteiger partial charge in [0.1, 0.15) is 5.75 Å². The predicted molar refractivity (Wildman–Crippen MR) is 89.5 cm³/mol. The van der Waals surface area contributed by atoms with Gasteiger partial charge in [0.25, 0.3) is 10.0 Å². The number of sulfonamides is 1. The third-order valence-corrected chi connectivity index (χ3v) is 4.74. The molecule has 2 aromatic carbocycles. The number of hydrogen-bond acceptors (Lipinski definition) is 4. The van der Waals surface area contributed by atoms with Crippen LogP contribution in [0.2, 0.25) is 0 Å². The van der Waals surface area contributed by atoms with Crippen molar-refractivity contribution in [1.29, 1.82) is 0 Å². The molecule has 140 valence electrons. The van der Waals surface area contributed by atoms with Crippen LogP contribution in [0.15, 0.2) is 53.4 Å². The van der Waals surface area contributed by atoms with Gasteiger partial charge in [0.15, 0.2) is 0 Å². The van der Waals surface area contributed by atoms with E-state index in [1.165, 1.54) is 24.0 Å². The van der Waals surface area contributed by atoms with E-state index in [4.69, 9.17) is 0 Å². The predicted octanol–water partition coefficient (Wildman–Crippen LogP) is 3.37. The summed E-state index contributed by atoms with van der Waals surface area (Å²) in [6.45, 7) is 1.39. The normalized spacial score (nSPS) is 11.7. The molecule has 2 rings (SSSR count). The summed E-state index contributed by atoms with van der Waals surface area (Å²) in [5, 5.41) is 0. The van der Waals surface area contributed by atoms with Crippen LogP contribution in [0.4, 0.5) is 24.5 Å². The summed E-state index contributed by atoms with van der Waals surface area (Å²) in [6, 6.07) is 9.86. The molecule has 1 amide bonds. The Bertz CT molecular complexity index is 879. The first-order chi connectivity index (χ1) is 12.0. The van der Waals surface area contributed by atoms with Crippen molar-refractivity contribution in [1.82, 2.24) is 0 Å². The molecule has 0 aliphatic heterocycles. The molecule has 10 heteroatoms. The van der Waals surface area contributed by atoms with Gasteiger partial charge in [-0.2, -0.15) is 0 Å². The maximum absolute atomic E-state index is 12.3. The molecule has 0 fully saturated rings. The molecule has 0 bridgehead atoms. The molecule has 0 unspecified atom stereocenters. The fraction of sp³-hybridized carbons (Fsp3) is 0.188. The Balaban J connectivity index is 2.14. The molecular weight excluding hydrogens is 373 g/mol. The van der Waals surface area contributed by atoms with Crippen molar-refractivity contribution < 1.29 is 31.1 Å². The van der Waals surface area contributed by atoms with Crippen LogP contribution in [0.1, 0.15) is 6.92 Å². The van der Waals surface area contributed by atoms with Crippen LogP contribution in [0.5, 0.6) is 5.75 Å². The lowest BCUT2D eigenvalue weighted by Gasteiger charge is -2.15. The number of ether oxygens (including phenoxy) is 1. The number of benzene rings is 2. The Morgan fingerprint density at radius 3 is 2.04 bits per heavy atom. The minimum Gasteiger partial charge on any atom is -0.406 e. The zero-order valence-corrected chi connectivity index (χ0v) is 14.6. The van der Waals surface area contributed by atoms with Crippen molar-refractivity contribution in [3.63, 3.8) is 0 Å². The van der Waals surface area contributed by atoms with Crippen LogP contribution in [0, 0.1) is 0 Å². The van der Waals surface area contributed by atoms with E-state index >= 15 is 0 Å². The Morgan fingerprint density at radius 2 is 1.58 bits per heavy atom. The third-order valence-electron chi connectivity index (χ3n) is 3.35. The molecule has 6 nitrogen and oxygen atoms in total. The van der Waals surface area contributed by atoms with Crippen molar-refractivity contribution in [3.05, 3.63) is 48.5 Å². The quantitative estimate of drug-likeness (QED) is 0.852. The average molecular weight is 388 g/mol. The summed E-state index contributed by atoms with van der Waals surface area (Å²) in [5.41, 5.74) is 0.815. The molecule has 26 heavy (non-hydrogen) atoms. The number of anilines is 2. The van der Waals surface area contributed by atoms with Crippen LogP contribution in [-0.2, 0) is 14.8 Å². The number of alkyl halides is 3. The minimum absolute atomic E-state index is 0.181. The third kappa shape index (κ3) is 5.12. The molecule has 0 aliphatic carbocycles. The Hall–Kier alpha value is -2.75. The molecule has 0 radical (unpaired) electrons. The number of rotatable bonds is 5. The van der Waals surface area contributed by atoms with Crippen molar-refractivity contribution >= 4 is 27.3 Å². The van der Waals surface area contributed by atoms with Crippen LogP contribution in [0.25, 0.3) is 0 Å². The first-order valence-electron chi connectivity index (χ1n) is 7.21. The van der Waals surface area contributed by atoms with Crippen LogP contribution >= 0.6 is 0 Å². The van der Waals surface area contributed by atoms with E-state index in [9.17, 15) is 26.4 Å². The first-order valence-corrected chi connectivity index (χ1v) is 8.69. The number of nitrogens with zero attached hydrogens (tertiary/aromatic N) is 1. The maximum atomic E-state index is 12.3. The number of carbonyl (C=O) groups is 1. The standard InChI is InChI=1S/C16H15F3N2O4S/c1-11(22)21(2)13-5-3-12(4-6-13)20-26(23,24)15-9-7-14(8-10-15)25-16(17,18)19/h3-10,20H,1-2H3. The fourth-order valence-electron chi connectivity index (χ4n) is 1.97. The Morgan fingerprint density at radius 1 is 1.04 bits per heavy atom. The second-order valence-electron chi connectivity index (χ2n) is 5.25. The summed E-state index contributed by atoms with van der Waals surface area (Å²) in [5.74, 6) is -0.701. The molecule has 0 heterocycles. The molecule has 0 aromatic heterocycles. The van der Waals surface area contributed by atoms with E-state index in [0.717, 1.165) is 24.3 Å². The van der Waals surface area contributed by atoms with Gasteiger partial charge in [0, 0.05) is 25.3 Å². The van der Waals surface area contributed by atoms with Gasteiger partial charge in [0.2, 0.25) is 5.91 Å². The van der Waals surface area contributed by atoms with Crippen molar-refractivity contribution in [3.8, 4) is 5.75 Å². The smallest absolute Gasteiger partial charge is 0.406 e. The molecular formula is C16H15F3N2O4S. The highest BCUT2D eigenvalue weighted by Gasteiger charge is 2.31. The topological polar surface area (TPSA) is 75.7 Å². The zero-order chi connectivity index (χ0) is 19.5. The molecule has 0 aliphatic rings. The molecule has 0 spiro atoms. The SMILES string of the molecule is CC(=O)N(C)c1ccc(NS(=O)(=O)c2ccc(OC(F)(F)F)cc2)cc1. The molecule has 1 N–H and O–H groups in total. The highest BCUT2D eigenvalue weighted by atomic mass is 32.2. The van der Waals surface area contributed by atoms with E-state index in [1.807, 2.05) is 0 Å². The van der Waals surface area contributed by atoms with E-state index in [0.29, 0.717) is 5.69 Å². The van der Waals surface area contributed by atoms with Gasteiger partial charge in [0.05, 0.1) is 4.90 Å². The lowest BCUT2D eigenvalue weighted by atomic mass is 10.2. The van der Waals surface area contributed by atoms with Crippen molar-refractivity contribution in [2.45, 2.75) is 18.2 Å². The monoisotopic (exact) mass is 388 g/mol. The first kappa shape index (κ1) is 19.6. The highest BCUT2D eigenvalue weighted by Crippen LogP contribution is 2.25. The highest BCUT2D eigenvalue weighted by molar-refractivity contribution is 7.92. The van der Waals surface area contributed by atoms with Crippen LogP contribution in [0.3, 0.4) is 0 Å². The van der Waals surface area contributed by atoms with Crippen LogP contribution in [-0.4, -0.2) is 27.7 Å².